The molecule has 6 nitrogen and oxygen atoms in total. The van der Waals surface area contributed by atoms with Crippen LogP contribution in [0.15, 0.2) is 35.5 Å². The zero-order chi connectivity index (χ0) is 14.5. The molecule has 0 aromatic heterocycles. The predicted octanol–water partition coefficient (Wildman–Crippen LogP) is 0.626. The summed E-state index contributed by atoms with van der Waals surface area (Å²) < 4.78 is 25.3. The van der Waals surface area contributed by atoms with Gasteiger partial charge in [0.1, 0.15) is 0 Å². The molecule has 0 spiro atoms. The number of oxime groups is 1. The lowest BCUT2D eigenvalue weighted by Crippen LogP contribution is -2.44. The minimum Gasteiger partial charge on any atom is -0.409 e. The predicted molar refractivity (Wildman–Crippen MR) is 74.6 cm³/mol. The van der Waals surface area contributed by atoms with E-state index in [1.807, 2.05) is 30.3 Å². The fourth-order valence-corrected chi connectivity index (χ4v) is 2.92. The van der Waals surface area contributed by atoms with Crippen LogP contribution in [-0.4, -0.2) is 42.6 Å². The van der Waals surface area contributed by atoms with Crippen LogP contribution in [0.5, 0.6) is 0 Å². The maximum Gasteiger partial charge on any atom is 0.214 e. The largest absolute Gasteiger partial charge is 0.409 e. The normalized spacial score (nSPS) is 14.6. The molecule has 0 aliphatic rings. The molecule has 7 heteroatoms. The topological polar surface area (TPSA) is 96.0 Å². The molecule has 0 bridgehead atoms. The molecule has 1 unspecified atom stereocenters. The molecule has 1 atom stereocenters. The van der Waals surface area contributed by atoms with E-state index in [-0.39, 0.29) is 11.6 Å². The van der Waals surface area contributed by atoms with E-state index in [1.165, 1.54) is 7.05 Å². The van der Waals surface area contributed by atoms with Crippen molar-refractivity contribution in [2.75, 3.05) is 12.8 Å². The Morgan fingerprint density at radius 2 is 2.00 bits per heavy atom. The van der Waals surface area contributed by atoms with Gasteiger partial charge < -0.3 is 10.9 Å². The molecule has 0 fully saturated rings. The minimum atomic E-state index is -3.45. The summed E-state index contributed by atoms with van der Waals surface area (Å²) in [7, 11) is -2.03. The SMILES string of the molecule is CC(/C(N)=N/O)N(C)S(=O)(=O)CCc1ccccc1. The number of nitrogens with zero attached hydrogens (tertiary/aromatic N) is 2. The minimum absolute atomic E-state index is 0.0173. The molecule has 1 rings (SSSR count). The molecule has 0 saturated heterocycles. The molecule has 1 aromatic rings. The van der Waals surface area contributed by atoms with Crippen LogP contribution in [0.3, 0.4) is 0 Å². The van der Waals surface area contributed by atoms with E-state index >= 15 is 0 Å². The Morgan fingerprint density at radius 3 is 2.53 bits per heavy atom. The first-order chi connectivity index (χ1) is 8.88. The van der Waals surface area contributed by atoms with Gasteiger partial charge in [-0.3, -0.25) is 0 Å². The molecule has 0 heterocycles. The number of amidine groups is 1. The first-order valence-electron chi connectivity index (χ1n) is 5.85. The quantitative estimate of drug-likeness (QED) is 0.347. The Hall–Kier alpha value is -1.60. The van der Waals surface area contributed by atoms with Crippen molar-refractivity contribution >= 4 is 15.9 Å². The van der Waals surface area contributed by atoms with Gasteiger partial charge in [0.2, 0.25) is 10.0 Å². The summed E-state index contributed by atoms with van der Waals surface area (Å²) in [6.07, 6.45) is 0.427. The average Bonchev–Trinajstić information content (AvgIpc) is 2.43. The van der Waals surface area contributed by atoms with Crippen LogP contribution < -0.4 is 5.73 Å². The fraction of sp³-hybridized carbons (Fsp3) is 0.417. The second-order valence-electron chi connectivity index (χ2n) is 4.27. The number of benzene rings is 1. The summed E-state index contributed by atoms with van der Waals surface area (Å²) in [6.45, 7) is 1.56. The lowest BCUT2D eigenvalue weighted by atomic mass is 10.2. The summed E-state index contributed by atoms with van der Waals surface area (Å²) in [5.74, 6) is -0.151. The second-order valence-corrected chi connectivity index (χ2v) is 6.42. The van der Waals surface area contributed by atoms with Crippen LogP contribution in [0.2, 0.25) is 0 Å². The monoisotopic (exact) mass is 285 g/mol. The zero-order valence-electron chi connectivity index (χ0n) is 11.0. The van der Waals surface area contributed by atoms with Crippen molar-refractivity contribution in [1.82, 2.24) is 4.31 Å². The molecule has 0 saturated carbocycles. The Balaban J connectivity index is 2.71. The molecule has 19 heavy (non-hydrogen) atoms. The van der Waals surface area contributed by atoms with Crippen LogP contribution in [0.25, 0.3) is 0 Å². The highest BCUT2D eigenvalue weighted by Gasteiger charge is 2.25. The molecule has 0 aliphatic heterocycles. The van der Waals surface area contributed by atoms with Crippen LogP contribution in [0, 0.1) is 0 Å². The van der Waals surface area contributed by atoms with E-state index < -0.39 is 16.1 Å². The standard InChI is InChI=1S/C12H19N3O3S/c1-10(12(13)14-16)15(2)19(17,18)9-8-11-6-4-3-5-7-11/h3-7,10,16H,8-9H2,1-2H3,(H2,13,14). The van der Waals surface area contributed by atoms with Crippen molar-refractivity contribution in [3.8, 4) is 0 Å². The van der Waals surface area contributed by atoms with Crippen LogP contribution in [0.4, 0.5) is 0 Å². The number of aryl methyl sites for hydroxylation is 1. The third-order valence-electron chi connectivity index (χ3n) is 3.02. The highest BCUT2D eigenvalue weighted by molar-refractivity contribution is 7.89. The van der Waals surface area contributed by atoms with E-state index in [9.17, 15) is 8.42 Å². The number of hydrogen-bond acceptors (Lipinski definition) is 4. The lowest BCUT2D eigenvalue weighted by Gasteiger charge is -2.23. The Labute approximate surface area is 113 Å². The number of sulfonamides is 1. The van der Waals surface area contributed by atoms with Gasteiger partial charge in [-0.25, -0.2) is 8.42 Å². The number of rotatable bonds is 6. The third kappa shape index (κ3) is 4.22. The van der Waals surface area contributed by atoms with Crippen molar-refractivity contribution in [2.24, 2.45) is 10.9 Å². The second kappa shape index (κ2) is 6.53. The highest BCUT2D eigenvalue weighted by atomic mass is 32.2. The third-order valence-corrected chi connectivity index (χ3v) is 4.93. The molecule has 1 aromatic carbocycles. The molecule has 0 amide bonds. The molecular formula is C12H19N3O3S. The van der Waals surface area contributed by atoms with Gasteiger partial charge in [-0.2, -0.15) is 4.31 Å². The van der Waals surface area contributed by atoms with E-state index in [4.69, 9.17) is 10.9 Å². The molecule has 0 radical (unpaired) electrons. The van der Waals surface area contributed by atoms with Crippen molar-refractivity contribution in [2.45, 2.75) is 19.4 Å². The average molecular weight is 285 g/mol. The van der Waals surface area contributed by atoms with Crippen molar-refractivity contribution < 1.29 is 13.6 Å². The summed E-state index contributed by atoms with van der Waals surface area (Å²) in [5, 5.41) is 11.4. The van der Waals surface area contributed by atoms with Crippen LogP contribution >= 0.6 is 0 Å². The van der Waals surface area contributed by atoms with Crippen LogP contribution in [-0.2, 0) is 16.4 Å². The van der Waals surface area contributed by atoms with E-state index in [1.54, 1.807) is 6.92 Å². The maximum absolute atomic E-state index is 12.1. The Morgan fingerprint density at radius 1 is 1.42 bits per heavy atom. The van der Waals surface area contributed by atoms with Gasteiger partial charge in [0.15, 0.2) is 5.84 Å². The highest BCUT2D eigenvalue weighted by Crippen LogP contribution is 2.08. The van der Waals surface area contributed by atoms with Crippen molar-refractivity contribution in [3.63, 3.8) is 0 Å². The van der Waals surface area contributed by atoms with Crippen molar-refractivity contribution in [3.05, 3.63) is 35.9 Å². The van der Waals surface area contributed by atoms with Gasteiger partial charge in [0.25, 0.3) is 0 Å². The van der Waals surface area contributed by atoms with E-state index in [0.29, 0.717) is 6.42 Å². The summed E-state index contributed by atoms with van der Waals surface area (Å²) in [6, 6.07) is 8.69. The Kier molecular flexibility index (Phi) is 5.31. The van der Waals surface area contributed by atoms with Gasteiger partial charge >= 0.3 is 0 Å². The first-order valence-corrected chi connectivity index (χ1v) is 7.46. The molecule has 106 valence electrons. The van der Waals surface area contributed by atoms with Gasteiger partial charge in [-0.1, -0.05) is 35.5 Å². The van der Waals surface area contributed by atoms with Gasteiger partial charge in [-0.15, -0.1) is 0 Å². The smallest absolute Gasteiger partial charge is 0.214 e. The number of hydrogen-bond donors (Lipinski definition) is 2. The van der Waals surface area contributed by atoms with E-state index in [0.717, 1.165) is 9.87 Å². The summed E-state index contributed by atoms with van der Waals surface area (Å²) >= 11 is 0. The van der Waals surface area contributed by atoms with Crippen molar-refractivity contribution in [1.29, 1.82) is 0 Å². The van der Waals surface area contributed by atoms with E-state index in [2.05, 4.69) is 5.16 Å². The number of nitrogens with two attached hydrogens (primary N) is 1. The Bertz CT molecular complexity index is 528. The summed E-state index contributed by atoms with van der Waals surface area (Å²) in [5.41, 5.74) is 6.37. The molecule has 3 N–H and O–H groups in total. The first kappa shape index (κ1) is 15.5. The summed E-state index contributed by atoms with van der Waals surface area (Å²) in [4.78, 5) is 0. The lowest BCUT2D eigenvalue weighted by molar-refractivity contribution is 0.311. The van der Waals surface area contributed by atoms with Gasteiger partial charge in [0, 0.05) is 7.05 Å². The molecular weight excluding hydrogens is 266 g/mol. The fourth-order valence-electron chi connectivity index (χ4n) is 1.55. The van der Waals surface area contributed by atoms with Gasteiger partial charge in [0.05, 0.1) is 11.8 Å². The molecule has 0 aliphatic carbocycles. The maximum atomic E-state index is 12.1. The number of likely N-dealkylation sites (N-methyl/N-ethyl adjacent to an activating group) is 1. The van der Waals surface area contributed by atoms with Gasteiger partial charge in [-0.05, 0) is 18.9 Å². The van der Waals surface area contributed by atoms with Crippen LogP contribution in [0.1, 0.15) is 12.5 Å². The zero-order valence-corrected chi connectivity index (χ0v) is 11.8.